The van der Waals surface area contributed by atoms with Gasteiger partial charge in [-0.3, -0.25) is 0 Å². The Morgan fingerprint density at radius 1 is 1.45 bits per heavy atom. The van der Waals surface area contributed by atoms with Gasteiger partial charge >= 0.3 is 0 Å². The third kappa shape index (κ3) is 3.74. The zero-order chi connectivity index (χ0) is 14.5. The van der Waals surface area contributed by atoms with Crippen LogP contribution in [0, 0.1) is 6.92 Å². The molecule has 0 radical (unpaired) electrons. The van der Waals surface area contributed by atoms with Crippen molar-refractivity contribution in [2.45, 2.75) is 45.7 Å². The summed E-state index contributed by atoms with van der Waals surface area (Å²) in [5.41, 5.74) is 2.55. The molecule has 2 rings (SSSR count). The molecule has 0 bridgehead atoms. The van der Waals surface area contributed by atoms with Gasteiger partial charge in [0.2, 0.25) is 0 Å². The van der Waals surface area contributed by atoms with Crippen LogP contribution in [-0.4, -0.2) is 37.7 Å². The summed E-state index contributed by atoms with van der Waals surface area (Å²) in [4.78, 5) is 2.53. The number of aryl methyl sites for hydroxylation is 1. The normalized spacial score (nSPS) is 21.7. The molecule has 1 aromatic rings. The number of hydrogen-bond donors (Lipinski definition) is 1. The number of piperidine rings is 1. The van der Waals surface area contributed by atoms with Gasteiger partial charge in [0.15, 0.2) is 0 Å². The van der Waals surface area contributed by atoms with Gasteiger partial charge in [-0.15, -0.1) is 0 Å². The topological polar surface area (TPSA) is 24.5 Å². The highest BCUT2D eigenvalue weighted by atomic mass is 16.5. The van der Waals surface area contributed by atoms with Crippen molar-refractivity contribution in [2.24, 2.45) is 0 Å². The van der Waals surface area contributed by atoms with Gasteiger partial charge in [-0.2, -0.15) is 0 Å². The fourth-order valence-electron chi connectivity index (χ4n) is 3.11. The summed E-state index contributed by atoms with van der Waals surface area (Å²) in [5.74, 6) is 0.985. The lowest BCUT2D eigenvalue weighted by Crippen LogP contribution is -2.46. The molecule has 1 aromatic carbocycles. The van der Waals surface area contributed by atoms with Gasteiger partial charge in [-0.05, 0) is 45.8 Å². The molecule has 1 aliphatic heterocycles. The van der Waals surface area contributed by atoms with Crippen molar-refractivity contribution >= 4 is 0 Å². The zero-order valence-corrected chi connectivity index (χ0v) is 13.3. The molecular weight excluding hydrogens is 248 g/mol. The van der Waals surface area contributed by atoms with E-state index >= 15 is 0 Å². The maximum absolute atomic E-state index is 5.50. The second-order valence-electron chi connectivity index (χ2n) is 5.87. The highest BCUT2D eigenvalue weighted by Gasteiger charge is 2.21. The number of likely N-dealkylation sites (N-methyl/N-ethyl adjacent to an activating group) is 1. The van der Waals surface area contributed by atoms with Gasteiger partial charge in [0.05, 0.1) is 7.11 Å². The van der Waals surface area contributed by atoms with E-state index in [1.165, 1.54) is 30.5 Å². The summed E-state index contributed by atoms with van der Waals surface area (Å²) >= 11 is 0. The highest BCUT2D eigenvalue weighted by molar-refractivity contribution is 5.38. The Morgan fingerprint density at radius 3 is 2.95 bits per heavy atom. The van der Waals surface area contributed by atoms with E-state index in [1.807, 2.05) is 0 Å². The Hall–Kier alpha value is -1.06. The van der Waals surface area contributed by atoms with Crippen LogP contribution in [0.5, 0.6) is 5.75 Å². The number of likely N-dealkylation sites (tertiary alicyclic amines) is 1. The average Bonchev–Trinajstić information content (AvgIpc) is 2.47. The zero-order valence-electron chi connectivity index (χ0n) is 13.3. The van der Waals surface area contributed by atoms with Crippen LogP contribution < -0.4 is 10.1 Å². The minimum atomic E-state index is 0.326. The quantitative estimate of drug-likeness (QED) is 0.894. The summed E-state index contributed by atoms with van der Waals surface area (Å²) in [7, 11) is 1.75. The molecule has 1 saturated heterocycles. The molecule has 3 nitrogen and oxygen atoms in total. The largest absolute Gasteiger partial charge is 0.496 e. The number of nitrogens with zero attached hydrogens (tertiary/aromatic N) is 1. The molecule has 1 N–H and O–H groups in total. The molecule has 0 saturated carbocycles. The summed E-state index contributed by atoms with van der Waals surface area (Å²) in [6, 6.07) is 7.32. The molecular formula is C17H28N2O. The van der Waals surface area contributed by atoms with Crippen LogP contribution >= 0.6 is 0 Å². The minimum absolute atomic E-state index is 0.326. The van der Waals surface area contributed by atoms with E-state index in [4.69, 9.17) is 4.74 Å². The van der Waals surface area contributed by atoms with Gasteiger partial charge in [0.25, 0.3) is 0 Å². The summed E-state index contributed by atoms with van der Waals surface area (Å²) in [5, 5.41) is 3.78. The third-order valence-corrected chi connectivity index (χ3v) is 4.29. The molecule has 0 aromatic heterocycles. The lowest BCUT2D eigenvalue weighted by molar-refractivity contribution is 0.191. The second-order valence-corrected chi connectivity index (χ2v) is 5.87. The predicted octanol–water partition coefficient (Wildman–Crippen LogP) is 3.14. The Balaban J connectivity index is 2.04. The van der Waals surface area contributed by atoms with Crippen LogP contribution in [-0.2, 0) is 0 Å². The van der Waals surface area contributed by atoms with Crippen molar-refractivity contribution in [3.63, 3.8) is 0 Å². The lowest BCUT2D eigenvalue weighted by atomic mass is 10.0. The predicted molar refractivity (Wildman–Crippen MR) is 84.4 cm³/mol. The maximum atomic E-state index is 5.50. The Bertz CT molecular complexity index is 433. The van der Waals surface area contributed by atoms with E-state index in [0.717, 1.165) is 18.8 Å². The fraction of sp³-hybridized carbons (Fsp3) is 0.647. The first-order valence-electron chi connectivity index (χ1n) is 7.77. The van der Waals surface area contributed by atoms with E-state index in [1.54, 1.807) is 7.11 Å². The van der Waals surface area contributed by atoms with Crippen molar-refractivity contribution in [3.05, 3.63) is 29.3 Å². The SMILES string of the molecule is CCN1CCCC(NC(C)c2cc(C)ccc2OC)C1. The average molecular weight is 276 g/mol. The van der Waals surface area contributed by atoms with E-state index in [9.17, 15) is 0 Å². The van der Waals surface area contributed by atoms with Crippen LogP contribution in [0.15, 0.2) is 18.2 Å². The first kappa shape index (κ1) is 15.3. The van der Waals surface area contributed by atoms with Gasteiger partial charge in [0.1, 0.15) is 5.75 Å². The first-order chi connectivity index (χ1) is 9.63. The monoisotopic (exact) mass is 276 g/mol. The molecule has 0 spiro atoms. The standard InChI is InChI=1S/C17H28N2O/c1-5-19-10-6-7-15(12-19)18-14(3)16-11-13(2)8-9-17(16)20-4/h8-9,11,14-15,18H,5-7,10,12H2,1-4H3. The summed E-state index contributed by atoms with van der Waals surface area (Å²) in [6.07, 6.45) is 2.57. The van der Waals surface area contributed by atoms with Gasteiger partial charge in [0, 0.05) is 24.2 Å². The molecule has 0 amide bonds. The van der Waals surface area contributed by atoms with Crippen molar-refractivity contribution in [1.82, 2.24) is 10.2 Å². The molecule has 112 valence electrons. The number of ether oxygens (including phenoxy) is 1. The van der Waals surface area contributed by atoms with Gasteiger partial charge < -0.3 is 15.0 Å². The van der Waals surface area contributed by atoms with Crippen LogP contribution in [0.3, 0.4) is 0 Å². The van der Waals surface area contributed by atoms with Crippen LogP contribution in [0.4, 0.5) is 0 Å². The number of hydrogen-bond acceptors (Lipinski definition) is 3. The van der Waals surface area contributed by atoms with E-state index in [0.29, 0.717) is 12.1 Å². The molecule has 2 unspecified atom stereocenters. The number of benzene rings is 1. The van der Waals surface area contributed by atoms with Crippen molar-refractivity contribution < 1.29 is 4.74 Å². The summed E-state index contributed by atoms with van der Waals surface area (Å²) < 4.78 is 5.50. The highest BCUT2D eigenvalue weighted by Crippen LogP contribution is 2.27. The minimum Gasteiger partial charge on any atom is -0.496 e. The molecule has 1 aliphatic rings. The van der Waals surface area contributed by atoms with Gasteiger partial charge in [-0.25, -0.2) is 0 Å². The molecule has 1 heterocycles. The molecule has 3 heteroatoms. The van der Waals surface area contributed by atoms with Crippen molar-refractivity contribution in [2.75, 3.05) is 26.7 Å². The fourth-order valence-corrected chi connectivity index (χ4v) is 3.11. The van der Waals surface area contributed by atoms with Crippen LogP contribution in [0.1, 0.15) is 43.9 Å². The molecule has 0 aliphatic carbocycles. The lowest BCUT2D eigenvalue weighted by Gasteiger charge is -2.34. The molecule has 2 atom stereocenters. The Labute approximate surface area is 123 Å². The second kappa shape index (κ2) is 7.09. The van der Waals surface area contributed by atoms with Crippen LogP contribution in [0.25, 0.3) is 0 Å². The molecule has 20 heavy (non-hydrogen) atoms. The van der Waals surface area contributed by atoms with Crippen molar-refractivity contribution in [1.29, 1.82) is 0 Å². The Morgan fingerprint density at radius 2 is 2.25 bits per heavy atom. The number of nitrogens with one attached hydrogen (secondary N) is 1. The van der Waals surface area contributed by atoms with E-state index < -0.39 is 0 Å². The third-order valence-electron chi connectivity index (χ3n) is 4.29. The van der Waals surface area contributed by atoms with E-state index in [2.05, 4.69) is 49.2 Å². The summed E-state index contributed by atoms with van der Waals surface area (Å²) in [6.45, 7) is 10.2. The van der Waals surface area contributed by atoms with Gasteiger partial charge in [-0.1, -0.05) is 24.6 Å². The van der Waals surface area contributed by atoms with E-state index in [-0.39, 0.29) is 0 Å². The Kier molecular flexibility index (Phi) is 5.44. The molecule has 1 fully saturated rings. The van der Waals surface area contributed by atoms with Crippen molar-refractivity contribution in [3.8, 4) is 5.75 Å². The number of rotatable bonds is 5. The van der Waals surface area contributed by atoms with Crippen LogP contribution in [0.2, 0.25) is 0 Å². The first-order valence-corrected chi connectivity index (χ1v) is 7.77. The number of methoxy groups -OCH3 is 1. The maximum Gasteiger partial charge on any atom is 0.123 e. The smallest absolute Gasteiger partial charge is 0.123 e.